The molecule has 0 aromatic rings. The number of allylic oxidation sites excluding steroid dienone is 1. The lowest BCUT2D eigenvalue weighted by Crippen LogP contribution is -2.69. The summed E-state index contributed by atoms with van der Waals surface area (Å²) in [4.78, 5) is 25.4. The van der Waals surface area contributed by atoms with E-state index in [4.69, 9.17) is 37.9 Å². The molecule has 4 aliphatic heterocycles. The lowest BCUT2D eigenvalue weighted by atomic mass is 9.95. The van der Waals surface area contributed by atoms with Gasteiger partial charge in [0.1, 0.15) is 97.6 Å². The molecule has 0 spiro atoms. The van der Waals surface area contributed by atoms with Crippen molar-refractivity contribution in [3.05, 3.63) is 12.2 Å². The molecule has 0 aromatic carbocycles. The topological polar surface area (TPSA) is 395 Å². The number of nitrogens with one attached hydrogen (secondary N) is 2. The molecule has 25 heteroatoms. The molecule has 0 saturated carbocycles. The first-order valence-electron chi connectivity index (χ1n) is 31.9. The maximum atomic E-state index is 13.3. The number of rotatable bonds is 43. The molecule has 22 atom stereocenters. The van der Waals surface area contributed by atoms with E-state index in [9.17, 15) is 76.0 Å². The van der Waals surface area contributed by atoms with Gasteiger partial charge in [-0.3, -0.25) is 9.59 Å². The molecule has 0 aliphatic carbocycles. The smallest absolute Gasteiger partial charge is 0.220 e. The fraction of sp³-hybridized carbons (Fsp3) is 0.933. The van der Waals surface area contributed by atoms with E-state index in [1.165, 1.54) is 103 Å². The van der Waals surface area contributed by atoms with Crippen LogP contribution in [-0.4, -0.2) is 246 Å². The highest BCUT2D eigenvalue weighted by atomic mass is 16.8. The van der Waals surface area contributed by atoms with Gasteiger partial charge < -0.3 is 115 Å². The molecule has 498 valence electrons. The number of unbranched alkanes of at least 4 members (excludes halogenated alkanes) is 23. The predicted octanol–water partition coefficient (Wildman–Crippen LogP) is 1.00. The second kappa shape index (κ2) is 42.0. The lowest BCUT2D eigenvalue weighted by Gasteiger charge is -2.49. The number of aliphatic hydroxyl groups is 13. The maximum Gasteiger partial charge on any atom is 0.220 e. The van der Waals surface area contributed by atoms with Crippen molar-refractivity contribution in [3.8, 4) is 0 Å². The van der Waals surface area contributed by atoms with Gasteiger partial charge in [-0.1, -0.05) is 167 Å². The van der Waals surface area contributed by atoms with Gasteiger partial charge in [-0.15, -0.1) is 0 Å². The first-order chi connectivity index (χ1) is 41.0. The Balaban J connectivity index is 1.35. The summed E-state index contributed by atoms with van der Waals surface area (Å²) in [6, 6.07) is -2.53. The van der Waals surface area contributed by atoms with Crippen molar-refractivity contribution in [3.63, 3.8) is 0 Å². The monoisotopic (exact) mass is 1230 g/mol. The Morgan fingerprint density at radius 3 is 1.34 bits per heavy atom. The third-order valence-corrected chi connectivity index (χ3v) is 16.6. The van der Waals surface area contributed by atoms with E-state index in [-0.39, 0.29) is 12.3 Å². The van der Waals surface area contributed by atoms with Gasteiger partial charge in [0.05, 0.1) is 45.2 Å². The zero-order chi connectivity index (χ0) is 62.3. The van der Waals surface area contributed by atoms with E-state index in [0.29, 0.717) is 12.8 Å². The molecule has 0 unspecified atom stereocenters. The zero-order valence-corrected chi connectivity index (χ0v) is 50.7. The van der Waals surface area contributed by atoms with Gasteiger partial charge in [-0.2, -0.15) is 0 Å². The van der Waals surface area contributed by atoms with E-state index < -0.39 is 174 Å². The highest BCUT2D eigenvalue weighted by molar-refractivity contribution is 5.76. The first kappa shape index (κ1) is 75.3. The molecule has 4 rings (SSSR count). The summed E-state index contributed by atoms with van der Waals surface area (Å²) in [5.41, 5.74) is 0. The third kappa shape index (κ3) is 24.9. The minimum absolute atomic E-state index is 0.218. The minimum Gasteiger partial charge on any atom is -0.394 e. The van der Waals surface area contributed by atoms with E-state index in [1.54, 1.807) is 6.08 Å². The van der Waals surface area contributed by atoms with Crippen LogP contribution in [-0.2, 0) is 47.5 Å². The van der Waals surface area contributed by atoms with Crippen LogP contribution in [0.4, 0.5) is 0 Å². The van der Waals surface area contributed by atoms with Crippen LogP contribution in [0.15, 0.2) is 12.2 Å². The standard InChI is InChI=1S/C60H110N2O23/c1-4-6-8-10-12-14-16-18-20-22-24-26-28-30-39(68)38(62-44(69)31-29-27-25-23-21-19-17-15-13-11-9-7-5-2)36-78-58-51(75)49(73)54(42(34-65)81-58)83-59-52(76)50(74)55(43(35-66)82-59)84-60-53(77)56(47(71)41(33-64)80-60)85-57-45(61-37(3)67)48(72)46(70)40(32-63)79-57/h28,30,38-43,45-60,63-66,68,70-77H,4-27,29,31-36H2,1-3H3,(H,61,67)(H,62,69)/b30-28+/t38-,39+,40+,41+,42+,43+,45+,46-,47-,48+,49+,50+,51+,52+,53+,54+,55-,56-,57-,58+,59-,60+/m0/s1. The fourth-order valence-corrected chi connectivity index (χ4v) is 11.4. The molecule has 4 fully saturated rings. The molecule has 0 bridgehead atoms. The number of carbonyl (C=O) groups excluding carboxylic acids is 2. The molecule has 25 nitrogen and oxygen atoms in total. The molecular weight excluding hydrogens is 1120 g/mol. The Morgan fingerprint density at radius 2 is 0.859 bits per heavy atom. The maximum absolute atomic E-state index is 13.3. The summed E-state index contributed by atoms with van der Waals surface area (Å²) < 4.78 is 46.4. The van der Waals surface area contributed by atoms with Crippen LogP contribution in [0.25, 0.3) is 0 Å². The van der Waals surface area contributed by atoms with Gasteiger partial charge in [-0.05, 0) is 19.3 Å². The molecule has 4 aliphatic rings. The zero-order valence-electron chi connectivity index (χ0n) is 50.7. The van der Waals surface area contributed by atoms with Gasteiger partial charge >= 0.3 is 0 Å². The van der Waals surface area contributed by atoms with Gasteiger partial charge in [0.25, 0.3) is 0 Å². The highest BCUT2D eigenvalue weighted by Crippen LogP contribution is 2.35. The summed E-state index contributed by atoms with van der Waals surface area (Å²) in [5.74, 6) is -1.00. The van der Waals surface area contributed by atoms with E-state index in [0.717, 1.165) is 51.9 Å². The van der Waals surface area contributed by atoms with Crippen LogP contribution < -0.4 is 10.6 Å². The predicted molar refractivity (Wildman–Crippen MR) is 308 cm³/mol. The van der Waals surface area contributed by atoms with Crippen LogP contribution in [0.2, 0.25) is 0 Å². The number of hydrogen-bond donors (Lipinski definition) is 15. The van der Waals surface area contributed by atoms with Crippen LogP contribution in [0.5, 0.6) is 0 Å². The lowest BCUT2D eigenvalue weighted by molar-refractivity contribution is -0.386. The SMILES string of the molecule is CCCCCCCCCCCCC/C=C/[C@@H](O)[C@H](CO[C@@H]1O[C@H](CO)[C@@H](O[C@@H]2O[C@H](CO)[C@H](O[C@H]3O[C@H](CO)[C@H](O)[C@H](O[C@@H]4O[C@H](CO)[C@H](O)[C@H](O)[C@H]4NC(C)=O)[C@H]3O)[C@H](O)[C@H]2O)[C@H](O)[C@H]1O)NC(=O)CCCCCCCCCCCCCCC. The molecule has 2 amide bonds. The minimum atomic E-state index is -2.09. The second-order valence-corrected chi connectivity index (χ2v) is 23.6. The highest BCUT2D eigenvalue weighted by Gasteiger charge is 2.56. The van der Waals surface area contributed by atoms with Crippen molar-refractivity contribution < 1.29 is 114 Å². The van der Waals surface area contributed by atoms with Gasteiger partial charge in [0, 0.05) is 13.3 Å². The molecule has 15 N–H and O–H groups in total. The van der Waals surface area contributed by atoms with Crippen molar-refractivity contribution in [1.29, 1.82) is 0 Å². The van der Waals surface area contributed by atoms with Gasteiger partial charge in [0.2, 0.25) is 11.8 Å². The molecule has 0 aromatic heterocycles. The Bertz CT molecular complexity index is 1790. The molecular formula is C60H110N2O23. The van der Waals surface area contributed by atoms with Gasteiger partial charge in [-0.25, -0.2) is 0 Å². The van der Waals surface area contributed by atoms with Crippen molar-refractivity contribution in [2.75, 3.05) is 33.0 Å². The number of ether oxygens (including phenoxy) is 8. The number of aliphatic hydroxyl groups excluding tert-OH is 13. The van der Waals surface area contributed by atoms with E-state index >= 15 is 0 Å². The fourth-order valence-electron chi connectivity index (χ4n) is 11.4. The third-order valence-electron chi connectivity index (χ3n) is 16.6. The molecule has 0 radical (unpaired) electrons. The number of carbonyl (C=O) groups is 2. The average molecular weight is 1230 g/mol. The van der Waals surface area contributed by atoms with Crippen LogP contribution >= 0.6 is 0 Å². The first-order valence-corrected chi connectivity index (χ1v) is 31.9. The average Bonchev–Trinajstić information content (AvgIpc) is 1.93. The summed E-state index contributed by atoms with van der Waals surface area (Å²) in [6.07, 6.45) is -2.78. The summed E-state index contributed by atoms with van der Waals surface area (Å²) in [5, 5.41) is 147. The Labute approximate surface area is 502 Å². The summed E-state index contributed by atoms with van der Waals surface area (Å²) >= 11 is 0. The van der Waals surface area contributed by atoms with Crippen LogP contribution in [0.1, 0.15) is 188 Å². The Hall–Kier alpha value is -2.16. The summed E-state index contributed by atoms with van der Waals surface area (Å²) in [6.45, 7) is 1.60. The van der Waals surface area contributed by atoms with Gasteiger partial charge in [0.15, 0.2) is 25.2 Å². The Kier molecular flexibility index (Phi) is 37.2. The van der Waals surface area contributed by atoms with E-state index in [1.807, 2.05) is 6.08 Å². The Morgan fingerprint density at radius 1 is 0.459 bits per heavy atom. The number of hydrogen-bond acceptors (Lipinski definition) is 23. The quantitative estimate of drug-likeness (QED) is 0.0299. The van der Waals surface area contributed by atoms with Crippen molar-refractivity contribution in [2.24, 2.45) is 0 Å². The molecule has 4 heterocycles. The number of amides is 2. The van der Waals surface area contributed by atoms with Crippen molar-refractivity contribution in [1.82, 2.24) is 10.6 Å². The van der Waals surface area contributed by atoms with Crippen molar-refractivity contribution >= 4 is 11.8 Å². The molecule has 85 heavy (non-hydrogen) atoms. The second-order valence-electron chi connectivity index (χ2n) is 23.6. The summed E-state index contributed by atoms with van der Waals surface area (Å²) in [7, 11) is 0. The molecule has 4 saturated heterocycles. The normalized spacial score (nSPS) is 34.4. The van der Waals surface area contributed by atoms with Crippen LogP contribution in [0.3, 0.4) is 0 Å². The van der Waals surface area contributed by atoms with E-state index in [2.05, 4.69) is 24.5 Å². The van der Waals surface area contributed by atoms with Crippen molar-refractivity contribution in [2.45, 2.75) is 323 Å². The van der Waals surface area contributed by atoms with Crippen LogP contribution in [0, 0.1) is 0 Å². The largest absolute Gasteiger partial charge is 0.394 e.